The van der Waals surface area contributed by atoms with Crippen LogP contribution in [0.15, 0.2) is 36.4 Å². The SMILES string of the molecule is Cc1ccc(C)c(N2C[C@H](C(=O)Oc3ccc(N4C(=O)[C@H]5C[C@@H](C)CC[C@H]5C4=O)c(C)c3)CC2=O)c1. The average Bonchev–Trinajstić information content (AvgIpc) is 3.33. The summed E-state index contributed by atoms with van der Waals surface area (Å²) in [5, 5.41) is 0. The van der Waals surface area contributed by atoms with Crippen LogP contribution in [0.25, 0.3) is 0 Å². The fourth-order valence-corrected chi connectivity index (χ4v) is 5.88. The van der Waals surface area contributed by atoms with Crippen LogP contribution in [0.5, 0.6) is 5.75 Å². The minimum absolute atomic E-state index is 0.0981. The third-order valence-electron chi connectivity index (χ3n) is 7.93. The van der Waals surface area contributed by atoms with E-state index in [1.54, 1.807) is 30.0 Å². The number of anilines is 2. The number of esters is 1. The Bertz CT molecular complexity index is 1270. The van der Waals surface area contributed by atoms with Gasteiger partial charge < -0.3 is 9.64 Å². The topological polar surface area (TPSA) is 84.0 Å². The minimum atomic E-state index is -0.566. The van der Waals surface area contributed by atoms with E-state index in [9.17, 15) is 19.2 Å². The Kier molecular flexibility index (Phi) is 6.18. The van der Waals surface area contributed by atoms with Gasteiger partial charge in [-0.15, -0.1) is 0 Å². The first kappa shape index (κ1) is 24.2. The Morgan fingerprint density at radius 2 is 1.64 bits per heavy atom. The summed E-state index contributed by atoms with van der Waals surface area (Å²) in [6, 6.07) is 10.9. The molecule has 7 nitrogen and oxygen atoms in total. The van der Waals surface area contributed by atoms with Gasteiger partial charge in [0.25, 0.3) is 0 Å². The number of benzene rings is 2. The van der Waals surface area contributed by atoms with Crippen LogP contribution in [-0.4, -0.2) is 30.2 Å². The summed E-state index contributed by atoms with van der Waals surface area (Å²) in [4.78, 5) is 54.7. The second-order valence-electron chi connectivity index (χ2n) is 10.7. The van der Waals surface area contributed by atoms with Crippen LogP contribution in [0, 0.1) is 44.4 Å². The highest BCUT2D eigenvalue weighted by Crippen LogP contribution is 2.43. The molecule has 4 atom stereocenters. The predicted molar refractivity (Wildman–Crippen MR) is 136 cm³/mol. The summed E-state index contributed by atoms with van der Waals surface area (Å²) < 4.78 is 5.64. The number of carbonyl (C=O) groups excluding carboxylic acids is 4. The smallest absolute Gasteiger partial charge is 0.316 e. The number of amides is 3. The summed E-state index contributed by atoms with van der Waals surface area (Å²) in [5.41, 5.74) is 4.09. The number of hydrogen-bond donors (Lipinski definition) is 0. The maximum atomic E-state index is 13.1. The summed E-state index contributed by atoms with van der Waals surface area (Å²) in [6.45, 7) is 8.13. The predicted octanol–water partition coefficient (Wildman–Crippen LogP) is 4.50. The highest BCUT2D eigenvalue weighted by Gasteiger charge is 2.50. The van der Waals surface area contributed by atoms with E-state index >= 15 is 0 Å². The number of aryl methyl sites for hydroxylation is 3. The molecular formula is C29H32N2O5. The maximum absolute atomic E-state index is 13.1. The molecule has 0 spiro atoms. The molecule has 1 saturated carbocycles. The zero-order valence-corrected chi connectivity index (χ0v) is 21.2. The fraction of sp³-hybridized carbons (Fsp3) is 0.448. The molecular weight excluding hydrogens is 456 g/mol. The third-order valence-corrected chi connectivity index (χ3v) is 7.93. The van der Waals surface area contributed by atoms with Gasteiger partial charge in [0.05, 0.1) is 23.4 Å². The van der Waals surface area contributed by atoms with Crippen LogP contribution >= 0.6 is 0 Å². The first-order chi connectivity index (χ1) is 17.1. The van der Waals surface area contributed by atoms with Gasteiger partial charge in [0.15, 0.2) is 0 Å². The van der Waals surface area contributed by atoms with Crippen LogP contribution in [0.1, 0.15) is 49.3 Å². The van der Waals surface area contributed by atoms with E-state index in [0.717, 1.165) is 36.1 Å². The molecule has 3 amide bonds. The number of rotatable bonds is 4. The Balaban J connectivity index is 1.29. The number of ether oxygens (including phenoxy) is 1. The van der Waals surface area contributed by atoms with E-state index in [1.807, 2.05) is 32.0 Å². The van der Waals surface area contributed by atoms with Gasteiger partial charge in [0, 0.05) is 18.7 Å². The third kappa shape index (κ3) is 4.21. The van der Waals surface area contributed by atoms with E-state index in [-0.39, 0.29) is 42.5 Å². The molecule has 2 aromatic rings. The van der Waals surface area contributed by atoms with Crippen molar-refractivity contribution in [2.45, 2.75) is 53.4 Å². The Morgan fingerprint density at radius 1 is 0.889 bits per heavy atom. The van der Waals surface area contributed by atoms with Crippen LogP contribution in [0.3, 0.4) is 0 Å². The quantitative estimate of drug-likeness (QED) is 0.360. The van der Waals surface area contributed by atoms with Crippen molar-refractivity contribution in [2.75, 3.05) is 16.3 Å². The van der Waals surface area contributed by atoms with Crippen LogP contribution < -0.4 is 14.5 Å². The van der Waals surface area contributed by atoms with Crippen molar-refractivity contribution in [1.29, 1.82) is 0 Å². The van der Waals surface area contributed by atoms with Crippen LogP contribution in [0.2, 0.25) is 0 Å². The highest BCUT2D eigenvalue weighted by molar-refractivity contribution is 6.22. The zero-order chi connectivity index (χ0) is 25.7. The zero-order valence-electron chi connectivity index (χ0n) is 21.2. The molecule has 2 heterocycles. The molecule has 5 rings (SSSR count). The summed E-state index contributed by atoms with van der Waals surface area (Å²) in [6.07, 6.45) is 2.56. The Hall–Kier alpha value is -3.48. The Labute approximate surface area is 211 Å². The molecule has 7 heteroatoms. The molecule has 3 fully saturated rings. The monoisotopic (exact) mass is 488 g/mol. The maximum Gasteiger partial charge on any atom is 0.316 e. The number of fused-ring (bicyclic) bond motifs is 1. The van der Waals surface area contributed by atoms with Gasteiger partial charge in [0.2, 0.25) is 17.7 Å². The van der Waals surface area contributed by atoms with E-state index in [0.29, 0.717) is 22.9 Å². The summed E-state index contributed by atoms with van der Waals surface area (Å²) in [7, 11) is 0. The lowest BCUT2D eigenvalue weighted by Gasteiger charge is -2.25. The van der Waals surface area contributed by atoms with Gasteiger partial charge in [-0.05, 0) is 86.9 Å². The van der Waals surface area contributed by atoms with Crippen LogP contribution in [0.4, 0.5) is 11.4 Å². The molecule has 36 heavy (non-hydrogen) atoms. The molecule has 188 valence electrons. The van der Waals surface area contributed by atoms with Crippen molar-refractivity contribution in [1.82, 2.24) is 0 Å². The first-order valence-corrected chi connectivity index (χ1v) is 12.7. The van der Waals surface area contributed by atoms with Crippen LogP contribution in [-0.2, 0) is 19.2 Å². The molecule has 0 aromatic heterocycles. The lowest BCUT2D eigenvalue weighted by molar-refractivity contribution is -0.139. The molecule has 2 aromatic carbocycles. The second kappa shape index (κ2) is 9.19. The minimum Gasteiger partial charge on any atom is -0.426 e. The largest absolute Gasteiger partial charge is 0.426 e. The summed E-state index contributed by atoms with van der Waals surface area (Å²) in [5.74, 6) is -1.06. The average molecular weight is 489 g/mol. The van der Waals surface area contributed by atoms with Crippen molar-refractivity contribution in [2.24, 2.45) is 23.7 Å². The van der Waals surface area contributed by atoms with E-state index in [4.69, 9.17) is 4.74 Å². The van der Waals surface area contributed by atoms with E-state index in [2.05, 4.69) is 6.92 Å². The summed E-state index contributed by atoms with van der Waals surface area (Å²) >= 11 is 0. The van der Waals surface area contributed by atoms with Gasteiger partial charge in [-0.2, -0.15) is 0 Å². The number of nitrogens with zero attached hydrogens (tertiary/aromatic N) is 2. The molecule has 3 aliphatic rings. The van der Waals surface area contributed by atoms with Crippen molar-refractivity contribution >= 4 is 35.1 Å². The highest BCUT2D eigenvalue weighted by atomic mass is 16.5. The van der Waals surface area contributed by atoms with Gasteiger partial charge in [-0.1, -0.05) is 19.1 Å². The lowest BCUT2D eigenvalue weighted by atomic mass is 9.76. The van der Waals surface area contributed by atoms with Crippen molar-refractivity contribution in [3.05, 3.63) is 53.1 Å². The van der Waals surface area contributed by atoms with Crippen molar-refractivity contribution in [3.8, 4) is 5.75 Å². The molecule has 1 aliphatic carbocycles. The van der Waals surface area contributed by atoms with E-state index in [1.165, 1.54) is 4.90 Å². The molecule has 2 saturated heterocycles. The van der Waals surface area contributed by atoms with Gasteiger partial charge >= 0.3 is 5.97 Å². The molecule has 0 unspecified atom stereocenters. The van der Waals surface area contributed by atoms with Crippen molar-refractivity contribution < 1.29 is 23.9 Å². The van der Waals surface area contributed by atoms with Gasteiger partial charge in [-0.25, -0.2) is 4.90 Å². The number of imide groups is 1. The van der Waals surface area contributed by atoms with E-state index < -0.39 is 11.9 Å². The fourth-order valence-electron chi connectivity index (χ4n) is 5.88. The molecule has 0 radical (unpaired) electrons. The standard InChI is InChI=1S/C29H32N2O5/c1-16-6-9-22-23(11-16)28(34)31(27(22)33)24-10-8-21(13-19(24)4)36-29(35)20-14-26(32)30(15-20)25-12-17(2)5-7-18(25)3/h5,7-8,10,12-13,16,20,22-23H,6,9,11,14-15H2,1-4H3/t16-,20+,22+,23-/m0/s1. The van der Waals surface area contributed by atoms with Gasteiger partial charge in [-0.3, -0.25) is 19.2 Å². The van der Waals surface area contributed by atoms with Crippen molar-refractivity contribution in [3.63, 3.8) is 0 Å². The van der Waals surface area contributed by atoms with Gasteiger partial charge in [0.1, 0.15) is 5.75 Å². The normalized spacial score (nSPS) is 25.9. The molecule has 0 bridgehead atoms. The first-order valence-electron chi connectivity index (χ1n) is 12.7. The number of hydrogen-bond acceptors (Lipinski definition) is 5. The molecule has 0 N–H and O–H groups in total. The molecule has 2 aliphatic heterocycles. The lowest BCUT2D eigenvalue weighted by Crippen LogP contribution is -2.31. The Morgan fingerprint density at radius 3 is 2.39 bits per heavy atom. The number of carbonyl (C=O) groups is 4. The second-order valence-corrected chi connectivity index (χ2v) is 10.7.